The number of phenols is 1. The minimum Gasteiger partial charge on any atom is -0.508 e. The lowest BCUT2D eigenvalue weighted by Crippen LogP contribution is -1.93. The molecule has 18 heavy (non-hydrogen) atoms. The van der Waals surface area contributed by atoms with E-state index in [0.717, 1.165) is 21.6 Å². The number of aromatic hydroxyl groups is 1. The molecule has 2 aromatic carbocycles. The normalized spacial score (nSPS) is 12.1. The number of carbonyl (C=O) groups excluding carboxylic acids is 1. The van der Waals surface area contributed by atoms with Gasteiger partial charge in [-0.3, -0.25) is 0 Å². The quantitative estimate of drug-likeness (QED) is 0.846. The highest BCUT2D eigenvalue weighted by Crippen LogP contribution is 2.29. The molecule has 0 radical (unpaired) electrons. The lowest BCUT2D eigenvalue weighted by molar-refractivity contribution is -0.108. The molecule has 0 amide bonds. The first-order valence-corrected chi connectivity index (χ1v) is 6.53. The van der Waals surface area contributed by atoms with Gasteiger partial charge in [-0.25, -0.2) is 0 Å². The number of hydrogen-bond donors (Lipinski definition) is 1. The van der Waals surface area contributed by atoms with Gasteiger partial charge in [0.05, 0.1) is 0 Å². The first kappa shape index (κ1) is 12.7. The number of rotatable bonds is 4. The average molecular weight is 258 g/mol. The first-order valence-electron chi connectivity index (χ1n) is 5.71. The van der Waals surface area contributed by atoms with E-state index in [-0.39, 0.29) is 11.7 Å². The molecule has 0 aromatic heterocycles. The van der Waals surface area contributed by atoms with Crippen LogP contribution in [0.5, 0.6) is 5.75 Å². The topological polar surface area (TPSA) is 37.3 Å². The van der Waals surface area contributed by atoms with Crippen molar-refractivity contribution >= 4 is 18.0 Å². The van der Waals surface area contributed by atoms with Crippen LogP contribution in [0.2, 0.25) is 0 Å². The predicted molar refractivity (Wildman–Crippen MR) is 73.2 cm³/mol. The summed E-state index contributed by atoms with van der Waals surface area (Å²) in [7, 11) is 0. The summed E-state index contributed by atoms with van der Waals surface area (Å²) in [6.45, 7) is 1.88. The number of benzene rings is 2. The third kappa shape index (κ3) is 3.14. The zero-order valence-electron chi connectivity index (χ0n) is 10.0. The van der Waals surface area contributed by atoms with E-state index in [2.05, 4.69) is 0 Å². The number of phenolic OH excluding ortho intramolecular Hbond substituents is 1. The van der Waals surface area contributed by atoms with Crippen LogP contribution < -0.4 is 0 Å². The van der Waals surface area contributed by atoms with Crippen molar-refractivity contribution in [2.45, 2.75) is 22.6 Å². The monoisotopic (exact) mass is 258 g/mol. The summed E-state index contributed by atoms with van der Waals surface area (Å²) in [6, 6.07) is 15.1. The molecule has 2 aromatic rings. The minimum atomic E-state index is -0.0577. The number of aldehydes is 1. The number of hydrogen-bond acceptors (Lipinski definition) is 3. The highest BCUT2D eigenvalue weighted by Gasteiger charge is 2.03. The van der Waals surface area contributed by atoms with Gasteiger partial charge in [0.1, 0.15) is 12.0 Å². The van der Waals surface area contributed by atoms with Crippen LogP contribution in [0.15, 0.2) is 58.3 Å². The third-order valence-corrected chi connectivity index (χ3v) is 3.70. The lowest BCUT2D eigenvalue weighted by atomic mass is 10.0. The second kappa shape index (κ2) is 5.74. The van der Waals surface area contributed by atoms with E-state index in [1.807, 2.05) is 43.3 Å². The summed E-state index contributed by atoms with van der Waals surface area (Å²) in [5.74, 6) is 0.215. The van der Waals surface area contributed by atoms with Gasteiger partial charge in [-0.1, -0.05) is 30.8 Å². The molecule has 0 aliphatic rings. The molecule has 2 rings (SSSR count). The van der Waals surface area contributed by atoms with Gasteiger partial charge in [-0.15, -0.1) is 0 Å². The Morgan fingerprint density at radius 3 is 2.00 bits per heavy atom. The largest absolute Gasteiger partial charge is 0.508 e. The second-order valence-corrected chi connectivity index (χ2v) is 5.24. The van der Waals surface area contributed by atoms with Crippen LogP contribution in [0.4, 0.5) is 0 Å². The molecule has 0 spiro atoms. The Labute approximate surface area is 111 Å². The van der Waals surface area contributed by atoms with Gasteiger partial charge in [0.25, 0.3) is 0 Å². The predicted octanol–water partition coefficient (Wildman–Crippen LogP) is 3.85. The molecule has 3 heteroatoms. The molecule has 0 bridgehead atoms. The molecule has 1 atom stereocenters. The van der Waals surface area contributed by atoms with E-state index < -0.39 is 0 Å². The van der Waals surface area contributed by atoms with E-state index in [4.69, 9.17) is 0 Å². The maximum Gasteiger partial charge on any atom is 0.127 e. The maximum atomic E-state index is 10.7. The Balaban J connectivity index is 2.10. The fourth-order valence-corrected chi connectivity index (χ4v) is 2.38. The Morgan fingerprint density at radius 1 is 1.00 bits per heavy atom. The molecule has 92 valence electrons. The van der Waals surface area contributed by atoms with Crippen LogP contribution >= 0.6 is 11.8 Å². The Hall–Kier alpha value is -1.74. The van der Waals surface area contributed by atoms with Crippen LogP contribution in [0.3, 0.4) is 0 Å². The molecule has 0 fully saturated rings. The van der Waals surface area contributed by atoms with Gasteiger partial charge in [-0.05, 0) is 42.0 Å². The summed E-state index contributed by atoms with van der Waals surface area (Å²) in [5.41, 5.74) is 1.03. The fraction of sp³-hybridized carbons (Fsp3) is 0.133. The SMILES string of the molecule is CC(C=O)c1ccc(Sc2ccc(O)cc2)cc1. The molecule has 1 N–H and O–H groups in total. The first-order chi connectivity index (χ1) is 8.69. The van der Waals surface area contributed by atoms with E-state index >= 15 is 0 Å². The van der Waals surface area contributed by atoms with Crippen LogP contribution in [0, 0.1) is 0 Å². The van der Waals surface area contributed by atoms with Crippen molar-refractivity contribution < 1.29 is 9.90 Å². The van der Waals surface area contributed by atoms with Gasteiger partial charge in [0.15, 0.2) is 0 Å². The van der Waals surface area contributed by atoms with Crippen LogP contribution in [0.25, 0.3) is 0 Å². The van der Waals surface area contributed by atoms with Crippen LogP contribution in [-0.4, -0.2) is 11.4 Å². The van der Waals surface area contributed by atoms with E-state index in [1.54, 1.807) is 23.9 Å². The summed E-state index contributed by atoms with van der Waals surface area (Å²) >= 11 is 1.62. The summed E-state index contributed by atoms with van der Waals surface area (Å²) in [5, 5.41) is 9.21. The maximum absolute atomic E-state index is 10.7. The molecular weight excluding hydrogens is 244 g/mol. The Kier molecular flexibility index (Phi) is 4.05. The Bertz CT molecular complexity index is 517. The fourth-order valence-electron chi connectivity index (χ4n) is 1.57. The zero-order valence-corrected chi connectivity index (χ0v) is 10.9. The number of carbonyl (C=O) groups is 1. The van der Waals surface area contributed by atoms with E-state index in [1.165, 1.54) is 0 Å². The molecule has 0 aliphatic heterocycles. The summed E-state index contributed by atoms with van der Waals surface area (Å²) < 4.78 is 0. The summed E-state index contributed by atoms with van der Waals surface area (Å²) in [6.07, 6.45) is 0.947. The molecule has 0 heterocycles. The van der Waals surface area contributed by atoms with Crippen molar-refractivity contribution in [3.8, 4) is 5.75 Å². The minimum absolute atomic E-state index is 0.0577. The standard InChI is InChI=1S/C15H14O2S/c1-11(10-16)12-2-6-14(7-3-12)18-15-8-4-13(17)5-9-15/h2-11,17H,1H3. The smallest absolute Gasteiger partial charge is 0.127 e. The van der Waals surface area contributed by atoms with Gasteiger partial charge >= 0.3 is 0 Å². The van der Waals surface area contributed by atoms with E-state index in [9.17, 15) is 9.90 Å². The van der Waals surface area contributed by atoms with Crippen molar-refractivity contribution in [3.63, 3.8) is 0 Å². The van der Waals surface area contributed by atoms with Crippen molar-refractivity contribution in [1.82, 2.24) is 0 Å². The highest BCUT2D eigenvalue weighted by atomic mass is 32.2. The zero-order chi connectivity index (χ0) is 13.0. The van der Waals surface area contributed by atoms with Crippen molar-refractivity contribution in [3.05, 3.63) is 54.1 Å². The van der Waals surface area contributed by atoms with Crippen molar-refractivity contribution in [1.29, 1.82) is 0 Å². The van der Waals surface area contributed by atoms with Crippen molar-refractivity contribution in [2.24, 2.45) is 0 Å². The Morgan fingerprint density at radius 2 is 1.50 bits per heavy atom. The molecule has 2 nitrogen and oxygen atoms in total. The van der Waals surface area contributed by atoms with Gasteiger partial charge in [-0.2, -0.15) is 0 Å². The van der Waals surface area contributed by atoms with Crippen molar-refractivity contribution in [2.75, 3.05) is 0 Å². The third-order valence-electron chi connectivity index (χ3n) is 2.68. The lowest BCUT2D eigenvalue weighted by Gasteiger charge is -2.06. The summed E-state index contributed by atoms with van der Waals surface area (Å²) in [4.78, 5) is 12.9. The molecule has 0 aliphatic carbocycles. The molecule has 0 saturated heterocycles. The van der Waals surface area contributed by atoms with Crippen LogP contribution in [-0.2, 0) is 4.79 Å². The van der Waals surface area contributed by atoms with Gasteiger partial charge in [0.2, 0.25) is 0 Å². The molecule has 1 unspecified atom stereocenters. The molecular formula is C15H14O2S. The van der Waals surface area contributed by atoms with Crippen LogP contribution in [0.1, 0.15) is 18.4 Å². The average Bonchev–Trinajstić information content (AvgIpc) is 2.41. The molecule has 0 saturated carbocycles. The highest BCUT2D eigenvalue weighted by molar-refractivity contribution is 7.99. The van der Waals surface area contributed by atoms with E-state index in [0.29, 0.717) is 0 Å². The second-order valence-electron chi connectivity index (χ2n) is 4.09. The van der Waals surface area contributed by atoms with Gasteiger partial charge in [0, 0.05) is 15.7 Å². The van der Waals surface area contributed by atoms with Gasteiger partial charge < -0.3 is 9.90 Å².